The molecule has 1 rings (SSSR count). The Morgan fingerprint density at radius 1 is 1.67 bits per heavy atom. The van der Waals surface area contributed by atoms with Gasteiger partial charge in [0.2, 0.25) is 0 Å². The molecule has 1 aliphatic rings. The normalized spacial score (nSPS) is 30.3. The van der Waals surface area contributed by atoms with Crippen molar-refractivity contribution >= 4 is 9.84 Å². The van der Waals surface area contributed by atoms with Gasteiger partial charge in [-0.25, -0.2) is 8.42 Å². The van der Waals surface area contributed by atoms with Crippen LogP contribution in [-0.2, 0) is 9.84 Å². The molecule has 1 heterocycles. The van der Waals surface area contributed by atoms with Crippen LogP contribution in [0.2, 0.25) is 0 Å². The second-order valence-corrected chi connectivity index (χ2v) is 5.52. The largest absolute Gasteiger partial charge is 0.391 e. The molecule has 2 N–H and O–H groups in total. The van der Waals surface area contributed by atoms with Gasteiger partial charge in [0.1, 0.15) is 0 Å². The summed E-state index contributed by atoms with van der Waals surface area (Å²) in [6.45, 7) is 0.472. The van der Waals surface area contributed by atoms with Gasteiger partial charge in [0, 0.05) is 12.5 Å². The quantitative estimate of drug-likeness (QED) is 0.603. The minimum absolute atomic E-state index is 0.0672. The van der Waals surface area contributed by atoms with E-state index in [0.717, 1.165) is 0 Å². The van der Waals surface area contributed by atoms with Crippen LogP contribution in [-0.4, -0.2) is 44.7 Å². The molecule has 5 heteroatoms. The third kappa shape index (κ3) is 2.43. The molecule has 1 aliphatic heterocycles. The third-order valence-corrected chi connectivity index (χ3v) is 4.02. The lowest BCUT2D eigenvalue weighted by molar-refractivity contribution is 0.120. The highest BCUT2D eigenvalue weighted by molar-refractivity contribution is 7.91. The number of aliphatic hydroxyl groups is 1. The van der Waals surface area contributed by atoms with Crippen LogP contribution < -0.4 is 5.32 Å². The molecule has 0 aromatic heterocycles. The molecule has 0 radical (unpaired) electrons. The Morgan fingerprint density at radius 2 is 2.33 bits per heavy atom. The summed E-state index contributed by atoms with van der Waals surface area (Å²) in [6.07, 6.45) is 0.0813. The van der Waals surface area contributed by atoms with E-state index in [-0.39, 0.29) is 17.4 Å². The van der Waals surface area contributed by atoms with Crippen molar-refractivity contribution in [1.82, 2.24) is 5.32 Å². The van der Waals surface area contributed by atoms with E-state index in [4.69, 9.17) is 0 Å². The number of likely N-dealkylation sites (N-methyl/N-ethyl adjacent to an activating group) is 1. The van der Waals surface area contributed by atoms with Gasteiger partial charge in [-0.3, -0.25) is 0 Å². The van der Waals surface area contributed by atoms with Gasteiger partial charge < -0.3 is 10.4 Å². The van der Waals surface area contributed by atoms with Gasteiger partial charge in [-0.15, -0.1) is 0 Å². The maximum absolute atomic E-state index is 11.0. The van der Waals surface area contributed by atoms with Crippen LogP contribution in [0.15, 0.2) is 0 Å². The predicted octanol–water partition coefficient (Wildman–Crippen LogP) is -0.999. The van der Waals surface area contributed by atoms with Crippen molar-refractivity contribution in [2.24, 2.45) is 5.92 Å². The van der Waals surface area contributed by atoms with E-state index in [1.54, 1.807) is 7.05 Å². The molecular formula is C7H15NO3S. The lowest BCUT2D eigenvalue weighted by Crippen LogP contribution is -2.31. The van der Waals surface area contributed by atoms with Crippen LogP contribution in [0.1, 0.15) is 6.42 Å². The van der Waals surface area contributed by atoms with Crippen molar-refractivity contribution in [3.8, 4) is 0 Å². The number of aliphatic hydroxyl groups excluding tert-OH is 1. The molecule has 72 valence electrons. The van der Waals surface area contributed by atoms with Gasteiger partial charge in [-0.05, 0) is 13.5 Å². The molecule has 1 saturated heterocycles. The fourth-order valence-electron chi connectivity index (χ4n) is 1.50. The molecule has 0 bridgehead atoms. The molecular weight excluding hydrogens is 178 g/mol. The van der Waals surface area contributed by atoms with Crippen molar-refractivity contribution < 1.29 is 13.5 Å². The first-order chi connectivity index (χ1) is 5.55. The first kappa shape index (κ1) is 9.95. The first-order valence-electron chi connectivity index (χ1n) is 4.08. The van der Waals surface area contributed by atoms with E-state index in [9.17, 15) is 13.5 Å². The molecule has 2 atom stereocenters. The Morgan fingerprint density at radius 3 is 2.75 bits per heavy atom. The van der Waals surface area contributed by atoms with Crippen molar-refractivity contribution in [2.75, 3.05) is 25.1 Å². The van der Waals surface area contributed by atoms with Gasteiger partial charge in [-0.2, -0.15) is 0 Å². The van der Waals surface area contributed by atoms with E-state index in [2.05, 4.69) is 5.32 Å². The zero-order chi connectivity index (χ0) is 9.19. The zero-order valence-corrected chi connectivity index (χ0v) is 7.97. The number of hydrogen-bond acceptors (Lipinski definition) is 4. The summed E-state index contributed by atoms with van der Waals surface area (Å²) >= 11 is 0. The van der Waals surface area contributed by atoms with Crippen molar-refractivity contribution in [3.63, 3.8) is 0 Å². The predicted molar refractivity (Wildman–Crippen MR) is 46.7 cm³/mol. The maximum atomic E-state index is 11.0. The molecule has 12 heavy (non-hydrogen) atoms. The summed E-state index contributed by atoms with van der Waals surface area (Å²) in [5, 5.41) is 12.3. The summed E-state index contributed by atoms with van der Waals surface area (Å²) in [7, 11) is -1.10. The standard InChI is InChI=1S/C7H15NO3S/c1-8-4-7(9)6-2-3-12(10,11)5-6/h6-9H,2-5H2,1H3. The Bertz CT molecular complexity index is 237. The molecule has 1 fully saturated rings. The lowest BCUT2D eigenvalue weighted by Gasteiger charge is -2.15. The number of hydrogen-bond donors (Lipinski definition) is 2. The molecule has 0 saturated carbocycles. The highest BCUT2D eigenvalue weighted by atomic mass is 32.2. The van der Waals surface area contributed by atoms with E-state index in [0.29, 0.717) is 13.0 Å². The lowest BCUT2D eigenvalue weighted by atomic mass is 10.0. The second-order valence-electron chi connectivity index (χ2n) is 3.29. The Hall–Kier alpha value is -0.130. The zero-order valence-electron chi connectivity index (χ0n) is 7.16. The summed E-state index contributed by atoms with van der Waals surface area (Å²) in [6, 6.07) is 0. The fraction of sp³-hybridized carbons (Fsp3) is 1.00. The highest BCUT2D eigenvalue weighted by Gasteiger charge is 2.32. The van der Waals surface area contributed by atoms with Gasteiger partial charge in [0.25, 0.3) is 0 Å². The third-order valence-electron chi connectivity index (χ3n) is 2.23. The summed E-state index contributed by atoms with van der Waals surface area (Å²) < 4.78 is 22.0. The van der Waals surface area contributed by atoms with Crippen LogP contribution in [0.4, 0.5) is 0 Å². The van der Waals surface area contributed by atoms with Crippen LogP contribution in [0.5, 0.6) is 0 Å². The van der Waals surface area contributed by atoms with Crippen molar-refractivity contribution in [3.05, 3.63) is 0 Å². The summed E-state index contributed by atoms with van der Waals surface area (Å²) in [5.74, 6) is 0.316. The number of sulfone groups is 1. The smallest absolute Gasteiger partial charge is 0.150 e. The molecule has 2 unspecified atom stereocenters. The minimum Gasteiger partial charge on any atom is -0.391 e. The van der Waals surface area contributed by atoms with E-state index in [1.165, 1.54) is 0 Å². The Kier molecular flexibility index (Phi) is 3.09. The van der Waals surface area contributed by atoms with E-state index in [1.807, 2.05) is 0 Å². The molecule has 0 aromatic carbocycles. The van der Waals surface area contributed by atoms with E-state index >= 15 is 0 Å². The van der Waals surface area contributed by atoms with Crippen LogP contribution in [0, 0.1) is 5.92 Å². The van der Waals surface area contributed by atoms with Gasteiger partial charge in [0.15, 0.2) is 9.84 Å². The molecule has 0 aromatic rings. The first-order valence-corrected chi connectivity index (χ1v) is 5.90. The van der Waals surface area contributed by atoms with Gasteiger partial charge >= 0.3 is 0 Å². The Labute approximate surface area is 72.9 Å². The van der Waals surface area contributed by atoms with Crippen molar-refractivity contribution in [2.45, 2.75) is 12.5 Å². The summed E-state index contributed by atoms with van der Waals surface area (Å²) in [5.41, 5.74) is 0. The van der Waals surface area contributed by atoms with Gasteiger partial charge in [-0.1, -0.05) is 0 Å². The Balaban J connectivity index is 2.46. The molecule has 4 nitrogen and oxygen atoms in total. The average molecular weight is 193 g/mol. The van der Waals surface area contributed by atoms with Crippen LogP contribution in [0.25, 0.3) is 0 Å². The second kappa shape index (κ2) is 3.72. The number of nitrogens with one attached hydrogen (secondary N) is 1. The SMILES string of the molecule is CNCC(O)C1CCS(=O)(=O)C1. The maximum Gasteiger partial charge on any atom is 0.150 e. The highest BCUT2D eigenvalue weighted by Crippen LogP contribution is 2.21. The monoisotopic (exact) mass is 193 g/mol. The number of rotatable bonds is 3. The topological polar surface area (TPSA) is 66.4 Å². The fourth-order valence-corrected chi connectivity index (χ4v) is 3.37. The molecule has 0 aliphatic carbocycles. The van der Waals surface area contributed by atoms with Crippen molar-refractivity contribution in [1.29, 1.82) is 0 Å². The van der Waals surface area contributed by atoms with Crippen LogP contribution >= 0.6 is 0 Å². The molecule has 0 spiro atoms. The summed E-state index contributed by atoms with van der Waals surface area (Å²) in [4.78, 5) is 0. The van der Waals surface area contributed by atoms with Gasteiger partial charge in [0.05, 0.1) is 17.6 Å². The minimum atomic E-state index is -2.85. The van der Waals surface area contributed by atoms with Crippen LogP contribution in [0.3, 0.4) is 0 Å². The average Bonchev–Trinajstić information content (AvgIpc) is 2.31. The van der Waals surface area contributed by atoms with E-state index < -0.39 is 15.9 Å². The molecule has 0 amide bonds.